The Morgan fingerprint density at radius 1 is 1.03 bits per heavy atom. The predicted molar refractivity (Wildman–Crippen MR) is 133 cm³/mol. The molecule has 0 spiro atoms. The number of carbonyl (C=O) groups excluding carboxylic acids is 4. The summed E-state index contributed by atoms with van der Waals surface area (Å²) in [6, 6.07) is 9.95. The molecule has 4 rings (SSSR count). The summed E-state index contributed by atoms with van der Waals surface area (Å²) in [6.07, 6.45) is 2.26. The van der Waals surface area contributed by atoms with Crippen LogP contribution in [0.3, 0.4) is 0 Å². The van der Waals surface area contributed by atoms with E-state index in [-0.39, 0.29) is 41.6 Å². The quantitative estimate of drug-likeness (QED) is 0.617. The zero-order valence-corrected chi connectivity index (χ0v) is 20.8. The second-order valence-corrected chi connectivity index (χ2v) is 9.44. The van der Waals surface area contributed by atoms with Gasteiger partial charge in [-0.3, -0.25) is 19.2 Å². The largest absolute Gasteiger partial charge is 0.506 e. The summed E-state index contributed by atoms with van der Waals surface area (Å²) in [4.78, 5) is 55.9. The zero-order chi connectivity index (χ0) is 25.8. The predicted octanol–water partition coefficient (Wildman–Crippen LogP) is 2.41. The van der Waals surface area contributed by atoms with Crippen molar-refractivity contribution in [1.29, 1.82) is 0 Å². The van der Waals surface area contributed by atoms with Crippen molar-refractivity contribution in [3.05, 3.63) is 42.0 Å². The fourth-order valence-corrected chi connectivity index (χ4v) is 5.11. The first-order valence-electron chi connectivity index (χ1n) is 12.5. The van der Waals surface area contributed by atoms with Gasteiger partial charge in [-0.15, -0.1) is 0 Å². The van der Waals surface area contributed by atoms with Gasteiger partial charge < -0.3 is 24.5 Å². The van der Waals surface area contributed by atoms with Crippen LogP contribution in [0.5, 0.6) is 5.75 Å². The van der Waals surface area contributed by atoms with Crippen LogP contribution in [0.25, 0.3) is 10.8 Å². The molecule has 0 bridgehead atoms. The van der Waals surface area contributed by atoms with Crippen LogP contribution >= 0.6 is 0 Å². The summed E-state index contributed by atoms with van der Waals surface area (Å²) >= 11 is 0. The van der Waals surface area contributed by atoms with Gasteiger partial charge >= 0.3 is 5.97 Å². The number of rotatable bonds is 6. The summed E-state index contributed by atoms with van der Waals surface area (Å²) in [6.45, 7) is 3.31. The van der Waals surface area contributed by atoms with Gasteiger partial charge in [-0.1, -0.05) is 30.3 Å². The molecule has 2 aromatic carbocycles. The van der Waals surface area contributed by atoms with Crippen molar-refractivity contribution < 1.29 is 29.0 Å². The van der Waals surface area contributed by atoms with E-state index in [1.807, 2.05) is 12.1 Å². The Kier molecular flexibility index (Phi) is 7.76. The fraction of sp³-hybridized carbons (Fsp3) is 0.481. The number of likely N-dealkylation sites (tertiary alicyclic amines) is 2. The van der Waals surface area contributed by atoms with E-state index < -0.39 is 11.9 Å². The molecule has 9 heteroatoms. The van der Waals surface area contributed by atoms with Gasteiger partial charge in [0.15, 0.2) is 0 Å². The van der Waals surface area contributed by atoms with E-state index in [9.17, 15) is 24.3 Å². The van der Waals surface area contributed by atoms with Crippen LogP contribution in [0.1, 0.15) is 43.0 Å². The molecule has 3 amide bonds. The van der Waals surface area contributed by atoms with Crippen LogP contribution in [0, 0.1) is 5.92 Å². The lowest BCUT2D eigenvalue weighted by Gasteiger charge is -2.33. The second-order valence-electron chi connectivity index (χ2n) is 9.44. The SMILES string of the molecule is CCOC(=O)C1CCN(C(=O)CN(C)C(=O)C2CCCN2C(=O)c2ccc3ccccc3c2O)CC1. The first-order valence-corrected chi connectivity index (χ1v) is 12.5. The number of phenolic OH excluding ortho intramolecular Hbond substituents is 1. The molecule has 36 heavy (non-hydrogen) atoms. The molecule has 2 aliphatic heterocycles. The summed E-state index contributed by atoms with van der Waals surface area (Å²) in [5.41, 5.74) is 0.164. The van der Waals surface area contributed by atoms with Crippen molar-refractivity contribution in [2.75, 3.05) is 39.8 Å². The average molecular weight is 496 g/mol. The van der Waals surface area contributed by atoms with Gasteiger partial charge in [-0.2, -0.15) is 0 Å². The van der Waals surface area contributed by atoms with Gasteiger partial charge in [0, 0.05) is 32.1 Å². The Hall–Kier alpha value is -3.62. The molecule has 0 aliphatic carbocycles. The molecule has 2 fully saturated rings. The zero-order valence-electron chi connectivity index (χ0n) is 20.8. The van der Waals surface area contributed by atoms with Crippen LogP contribution in [0.4, 0.5) is 0 Å². The van der Waals surface area contributed by atoms with E-state index in [0.29, 0.717) is 57.3 Å². The maximum atomic E-state index is 13.3. The molecule has 192 valence electrons. The fourth-order valence-electron chi connectivity index (χ4n) is 5.11. The van der Waals surface area contributed by atoms with Gasteiger partial charge in [-0.25, -0.2) is 0 Å². The first-order chi connectivity index (χ1) is 17.3. The number of carbonyl (C=O) groups is 4. The maximum absolute atomic E-state index is 13.3. The van der Waals surface area contributed by atoms with Crippen LogP contribution in [0.2, 0.25) is 0 Å². The van der Waals surface area contributed by atoms with Crippen LogP contribution in [-0.2, 0) is 19.1 Å². The molecule has 1 atom stereocenters. The summed E-state index contributed by atoms with van der Waals surface area (Å²) in [5.74, 6) is -1.38. The summed E-state index contributed by atoms with van der Waals surface area (Å²) in [7, 11) is 1.57. The monoisotopic (exact) mass is 495 g/mol. The number of esters is 1. The van der Waals surface area contributed by atoms with E-state index in [2.05, 4.69) is 0 Å². The third-order valence-corrected chi connectivity index (χ3v) is 7.15. The molecule has 0 aromatic heterocycles. The number of nitrogens with zero attached hydrogens (tertiary/aromatic N) is 3. The van der Waals surface area contributed by atoms with Gasteiger partial charge in [0.25, 0.3) is 5.91 Å². The molecule has 0 radical (unpaired) electrons. The van der Waals surface area contributed by atoms with Gasteiger partial charge in [0.2, 0.25) is 11.8 Å². The number of phenols is 1. The Labute approximate surface area is 210 Å². The Balaban J connectivity index is 1.38. The average Bonchev–Trinajstić information content (AvgIpc) is 3.38. The minimum Gasteiger partial charge on any atom is -0.506 e. The highest BCUT2D eigenvalue weighted by Gasteiger charge is 2.38. The number of hydrogen-bond acceptors (Lipinski definition) is 6. The normalized spacial score (nSPS) is 18.3. The topological polar surface area (TPSA) is 107 Å². The third kappa shape index (κ3) is 5.15. The van der Waals surface area contributed by atoms with Crippen LogP contribution in [-0.4, -0.2) is 89.4 Å². The molecule has 2 aromatic rings. The Morgan fingerprint density at radius 2 is 1.75 bits per heavy atom. The van der Waals surface area contributed by atoms with Crippen molar-refractivity contribution in [2.45, 2.75) is 38.6 Å². The minimum absolute atomic E-state index is 0.0917. The molecule has 1 N–H and O–H groups in total. The Bertz CT molecular complexity index is 1160. The molecule has 2 aliphatic rings. The highest BCUT2D eigenvalue weighted by Crippen LogP contribution is 2.31. The van der Waals surface area contributed by atoms with Crippen molar-refractivity contribution in [3.63, 3.8) is 0 Å². The first kappa shape index (κ1) is 25.5. The number of aromatic hydroxyl groups is 1. The molecule has 2 saturated heterocycles. The number of likely N-dealkylation sites (N-methyl/N-ethyl adjacent to an activating group) is 1. The van der Waals surface area contributed by atoms with E-state index in [1.165, 1.54) is 9.80 Å². The van der Waals surface area contributed by atoms with E-state index in [0.717, 1.165) is 5.39 Å². The van der Waals surface area contributed by atoms with Gasteiger partial charge in [0.05, 0.1) is 24.6 Å². The minimum atomic E-state index is -0.685. The van der Waals surface area contributed by atoms with Crippen molar-refractivity contribution in [3.8, 4) is 5.75 Å². The molecular weight excluding hydrogens is 462 g/mol. The number of benzene rings is 2. The second kappa shape index (κ2) is 11.0. The maximum Gasteiger partial charge on any atom is 0.309 e. The number of amides is 3. The van der Waals surface area contributed by atoms with E-state index in [1.54, 1.807) is 43.1 Å². The third-order valence-electron chi connectivity index (χ3n) is 7.15. The Morgan fingerprint density at radius 3 is 2.47 bits per heavy atom. The molecule has 0 saturated carbocycles. The van der Waals surface area contributed by atoms with E-state index >= 15 is 0 Å². The highest BCUT2D eigenvalue weighted by molar-refractivity contribution is 6.05. The molecular formula is C27H33N3O6. The molecule has 1 unspecified atom stereocenters. The number of fused-ring (bicyclic) bond motifs is 1. The van der Waals surface area contributed by atoms with Crippen LogP contribution in [0.15, 0.2) is 36.4 Å². The van der Waals surface area contributed by atoms with E-state index in [4.69, 9.17) is 4.74 Å². The van der Waals surface area contributed by atoms with Gasteiger partial charge in [0.1, 0.15) is 11.8 Å². The standard InChI is InChI=1S/C27H33N3O6/c1-3-36-27(35)19-12-15-29(16-13-19)23(31)17-28(2)26(34)22-9-6-14-30(22)25(33)21-11-10-18-7-4-5-8-20(18)24(21)32/h4-5,7-8,10-11,19,22,32H,3,6,9,12-17H2,1-2H3. The smallest absolute Gasteiger partial charge is 0.309 e. The summed E-state index contributed by atoms with van der Waals surface area (Å²) < 4.78 is 5.08. The lowest BCUT2D eigenvalue weighted by atomic mass is 9.97. The molecule has 2 heterocycles. The van der Waals surface area contributed by atoms with Crippen molar-refractivity contribution in [1.82, 2.24) is 14.7 Å². The van der Waals surface area contributed by atoms with Crippen molar-refractivity contribution in [2.24, 2.45) is 5.92 Å². The number of piperidine rings is 1. The van der Waals surface area contributed by atoms with Gasteiger partial charge in [-0.05, 0) is 44.1 Å². The number of hydrogen-bond donors (Lipinski definition) is 1. The lowest BCUT2D eigenvalue weighted by molar-refractivity contribution is -0.151. The summed E-state index contributed by atoms with van der Waals surface area (Å²) in [5, 5.41) is 12.1. The van der Waals surface area contributed by atoms with Crippen LogP contribution < -0.4 is 0 Å². The van der Waals surface area contributed by atoms with Crippen molar-refractivity contribution >= 4 is 34.5 Å². The highest BCUT2D eigenvalue weighted by atomic mass is 16.5. The molecule has 9 nitrogen and oxygen atoms in total. The lowest BCUT2D eigenvalue weighted by Crippen LogP contribution is -2.50. The number of ether oxygens (including phenoxy) is 1.